The van der Waals surface area contributed by atoms with E-state index in [9.17, 15) is 19.1 Å². The van der Waals surface area contributed by atoms with Gasteiger partial charge in [0.25, 0.3) is 0 Å². The molecule has 4 atom stereocenters. The van der Waals surface area contributed by atoms with Crippen molar-refractivity contribution in [3.05, 3.63) is 71.8 Å². The van der Waals surface area contributed by atoms with Crippen molar-refractivity contribution in [2.45, 2.75) is 37.7 Å². The van der Waals surface area contributed by atoms with Gasteiger partial charge in [0.2, 0.25) is 0 Å². The van der Waals surface area contributed by atoms with Gasteiger partial charge in [0.15, 0.2) is 0 Å². The fourth-order valence-electron chi connectivity index (χ4n) is 3.86. The average Bonchev–Trinajstić information content (AvgIpc) is 3.49. The highest BCUT2D eigenvalue weighted by molar-refractivity contribution is 5.68. The van der Waals surface area contributed by atoms with E-state index in [-0.39, 0.29) is 39.0 Å². The number of likely N-dealkylation sites (tertiary alicyclic amines) is 2. The monoisotopic (exact) mass is 504 g/mol. The van der Waals surface area contributed by atoms with Crippen LogP contribution in [0.15, 0.2) is 60.7 Å². The quantitative estimate of drug-likeness (QED) is 0.646. The molecule has 0 spiro atoms. The maximum atomic E-state index is 13.4. The van der Waals surface area contributed by atoms with Gasteiger partial charge in [-0.1, -0.05) is 60.7 Å². The Kier molecular flexibility index (Phi) is 10.5. The highest BCUT2D eigenvalue weighted by Gasteiger charge is 2.36. The van der Waals surface area contributed by atoms with Crippen LogP contribution in [-0.4, -0.2) is 92.0 Å². The van der Waals surface area contributed by atoms with Gasteiger partial charge in [-0.25, -0.2) is 14.0 Å². The number of ether oxygens (including phenoxy) is 4. The zero-order valence-corrected chi connectivity index (χ0v) is 20.5. The highest BCUT2D eigenvalue weighted by atomic mass is 19.1. The van der Waals surface area contributed by atoms with Crippen LogP contribution in [0.4, 0.5) is 14.0 Å². The largest absolute Gasteiger partial charge is 0.445 e. The third-order valence-electron chi connectivity index (χ3n) is 5.97. The van der Waals surface area contributed by atoms with E-state index in [1.54, 1.807) is 0 Å². The van der Waals surface area contributed by atoms with Gasteiger partial charge < -0.3 is 33.9 Å². The van der Waals surface area contributed by atoms with Gasteiger partial charge in [0, 0.05) is 14.2 Å². The minimum atomic E-state index is -1.14. The van der Waals surface area contributed by atoms with E-state index in [1.807, 2.05) is 60.7 Å². The molecule has 2 saturated heterocycles. The first-order valence-electron chi connectivity index (χ1n) is 11.7. The molecular formula is C26H33FN2O7. The number of nitrogens with zero attached hydrogens (tertiary/aromatic N) is 2. The van der Waals surface area contributed by atoms with Crippen molar-refractivity contribution < 1.29 is 38.0 Å². The van der Waals surface area contributed by atoms with Gasteiger partial charge in [-0.05, 0) is 11.1 Å². The molecule has 2 unspecified atom stereocenters. The average molecular weight is 505 g/mol. The summed E-state index contributed by atoms with van der Waals surface area (Å²) >= 11 is 0. The van der Waals surface area contributed by atoms with Crippen molar-refractivity contribution >= 4 is 12.2 Å². The predicted octanol–water partition coefficient (Wildman–Crippen LogP) is 3.01. The molecule has 2 fully saturated rings. The molecule has 2 aliphatic heterocycles. The zero-order chi connectivity index (χ0) is 25.9. The number of aliphatic hydroxyl groups is 1. The number of aliphatic hydroxyl groups excluding tert-OH is 1. The van der Waals surface area contributed by atoms with Crippen LogP contribution in [0, 0.1) is 0 Å². The van der Waals surface area contributed by atoms with E-state index in [0.29, 0.717) is 6.54 Å². The lowest BCUT2D eigenvalue weighted by Gasteiger charge is -2.15. The molecule has 196 valence electrons. The van der Waals surface area contributed by atoms with Crippen LogP contribution >= 0.6 is 0 Å². The number of amides is 2. The van der Waals surface area contributed by atoms with Gasteiger partial charge in [-0.3, -0.25) is 0 Å². The van der Waals surface area contributed by atoms with Crippen molar-refractivity contribution in [2.24, 2.45) is 0 Å². The third-order valence-corrected chi connectivity index (χ3v) is 5.97. The SMILES string of the molecule is COC1CN(C(=O)OCc2ccccc2)C[C@@H]1O.COC1CN(C(=O)OCc2ccccc2)C[C@H]1F. The van der Waals surface area contributed by atoms with Crippen molar-refractivity contribution in [1.29, 1.82) is 0 Å². The number of rotatable bonds is 6. The Bertz CT molecular complexity index is 872. The number of hydrogen-bond donors (Lipinski definition) is 1. The Hall–Kier alpha value is -3.21. The molecule has 10 heteroatoms. The smallest absolute Gasteiger partial charge is 0.410 e. The normalized spacial score (nSPS) is 23.1. The summed E-state index contributed by atoms with van der Waals surface area (Å²) < 4.78 is 33.7. The second-order valence-electron chi connectivity index (χ2n) is 8.52. The van der Waals surface area contributed by atoms with Gasteiger partial charge in [0.1, 0.15) is 31.6 Å². The van der Waals surface area contributed by atoms with Crippen molar-refractivity contribution in [3.63, 3.8) is 0 Å². The van der Waals surface area contributed by atoms with Crippen LogP contribution in [0.5, 0.6) is 0 Å². The topological polar surface area (TPSA) is 97.8 Å². The minimum absolute atomic E-state index is 0.0339. The Morgan fingerprint density at radius 2 is 1.22 bits per heavy atom. The van der Waals surface area contributed by atoms with Crippen LogP contribution in [0.3, 0.4) is 0 Å². The van der Waals surface area contributed by atoms with Gasteiger partial charge >= 0.3 is 12.2 Å². The molecule has 4 rings (SSSR count). The summed E-state index contributed by atoms with van der Waals surface area (Å²) in [4.78, 5) is 26.3. The number of methoxy groups -OCH3 is 2. The Morgan fingerprint density at radius 3 is 1.64 bits per heavy atom. The molecule has 0 radical (unpaired) electrons. The number of benzene rings is 2. The molecule has 2 heterocycles. The number of alkyl halides is 1. The molecular weight excluding hydrogens is 471 g/mol. The number of carbonyl (C=O) groups excluding carboxylic acids is 2. The lowest BCUT2D eigenvalue weighted by molar-refractivity contribution is 0.0214. The molecule has 1 N–H and O–H groups in total. The summed E-state index contributed by atoms with van der Waals surface area (Å²) in [6, 6.07) is 18.9. The fraction of sp³-hybridized carbons (Fsp3) is 0.462. The summed E-state index contributed by atoms with van der Waals surface area (Å²) in [5, 5.41) is 9.62. The molecule has 0 aromatic heterocycles. The molecule has 2 aliphatic rings. The Balaban J connectivity index is 0.000000201. The number of carbonyl (C=O) groups is 2. The first-order chi connectivity index (χ1) is 17.4. The minimum Gasteiger partial charge on any atom is -0.445 e. The molecule has 0 saturated carbocycles. The van der Waals surface area contributed by atoms with Crippen LogP contribution < -0.4 is 0 Å². The lowest BCUT2D eigenvalue weighted by Crippen LogP contribution is -2.30. The van der Waals surface area contributed by atoms with Crippen molar-refractivity contribution in [3.8, 4) is 0 Å². The summed E-state index contributed by atoms with van der Waals surface area (Å²) in [7, 11) is 2.96. The Morgan fingerprint density at radius 1 is 0.778 bits per heavy atom. The third kappa shape index (κ3) is 7.91. The maximum absolute atomic E-state index is 13.4. The molecule has 36 heavy (non-hydrogen) atoms. The summed E-state index contributed by atoms with van der Waals surface area (Å²) in [6.07, 6.45) is -3.57. The van der Waals surface area contributed by atoms with Crippen LogP contribution in [-0.2, 0) is 32.2 Å². The Labute approximate surface area is 210 Å². The molecule has 0 aliphatic carbocycles. The van der Waals surface area contributed by atoms with E-state index < -0.39 is 30.6 Å². The maximum Gasteiger partial charge on any atom is 0.410 e. The molecule has 2 amide bonds. The summed E-state index contributed by atoms with van der Waals surface area (Å²) in [5.41, 5.74) is 1.85. The van der Waals surface area contributed by atoms with Crippen LogP contribution in [0.2, 0.25) is 0 Å². The highest BCUT2D eigenvalue weighted by Crippen LogP contribution is 2.17. The molecule has 2 aromatic rings. The predicted molar refractivity (Wildman–Crippen MR) is 129 cm³/mol. The van der Waals surface area contributed by atoms with Gasteiger partial charge in [0.05, 0.1) is 32.3 Å². The number of hydrogen-bond acceptors (Lipinski definition) is 7. The molecule has 2 aromatic carbocycles. The van der Waals surface area contributed by atoms with E-state index in [1.165, 1.54) is 24.0 Å². The van der Waals surface area contributed by atoms with Gasteiger partial charge in [-0.2, -0.15) is 0 Å². The lowest BCUT2D eigenvalue weighted by atomic mass is 10.2. The van der Waals surface area contributed by atoms with Crippen LogP contribution in [0.1, 0.15) is 11.1 Å². The van der Waals surface area contributed by atoms with E-state index >= 15 is 0 Å². The standard InChI is InChI=1S/C13H16FNO3.C13H17NO4/c1-17-12-8-15(7-11(12)14)13(16)18-9-10-5-3-2-4-6-10;1-17-12-8-14(7-11(12)15)13(16)18-9-10-5-3-2-4-6-10/h2-6,11-12H,7-9H2,1H3;2-6,11-12,15H,7-9H2,1H3/t2*11-,12?/m10/s1. The summed E-state index contributed by atoms with van der Waals surface area (Å²) in [5.74, 6) is 0. The van der Waals surface area contributed by atoms with E-state index in [0.717, 1.165) is 11.1 Å². The summed E-state index contributed by atoms with van der Waals surface area (Å²) in [6.45, 7) is 1.34. The van der Waals surface area contributed by atoms with Gasteiger partial charge in [-0.15, -0.1) is 0 Å². The number of halogens is 1. The second-order valence-corrected chi connectivity index (χ2v) is 8.52. The number of β-amino-alcohol motifs (C(OH)–C–C–N with tert-alkyl or cyclic N) is 1. The first kappa shape index (κ1) is 27.4. The van der Waals surface area contributed by atoms with Crippen LogP contribution in [0.25, 0.3) is 0 Å². The van der Waals surface area contributed by atoms with E-state index in [4.69, 9.17) is 18.9 Å². The molecule has 0 bridgehead atoms. The first-order valence-corrected chi connectivity index (χ1v) is 11.7. The molecule has 9 nitrogen and oxygen atoms in total. The second kappa shape index (κ2) is 13.8. The fourth-order valence-corrected chi connectivity index (χ4v) is 3.86. The van der Waals surface area contributed by atoms with Crippen molar-refractivity contribution in [2.75, 3.05) is 40.4 Å². The van der Waals surface area contributed by atoms with Crippen molar-refractivity contribution in [1.82, 2.24) is 9.80 Å². The zero-order valence-electron chi connectivity index (χ0n) is 20.5. The van der Waals surface area contributed by atoms with E-state index in [2.05, 4.69) is 0 Å².